The molecule has 22 heavy (non-hydrogen) atoms. The lowest BCUT2D eigenvalue weighted by Crippen LogP contribution is -2.41. The quantitative estimate of drug-likeness (QED) is 0.798. The highest BCUT2D eigenvalue weighted by Gasteiger charge is 2.21. The van der Waals surface area contributed by atoms with Gasteiger partial charge in [-0.1, -0.05) is 30.3 Å². The molecule has 0 aliphatic heterocycles. The van der Waals surface area contributed by atoms with Crippen LogP contribution in [0.1, 0.15) is 52.7 Å². The molecule has 1 N–H and O–H groups in total. The molecule has 1 atom stereocenters. The Morgan fingerprint density at radius 3 is 2.23 bits per heavy atom. The molecule has 1 aromatic carbocycles. The molecule has 0 fully saturated rings. The van der Waals surface area contributed by atoms with Gasteiger partial charge in [-0.15, -0.1) is 0 Å². The largest absolute Gasteiger partial charge is 0.418 e. The SMILES string of the molecule is C/C(=C/OC(=O)N(C(C)C)C(C)C)CC(O)c1ccccc1. The first-order chi connectivity index (χ1) is 10.3. The Bertz CT molecular complexity index is 486. The maximum atomic E-state index is 12.1. The number of aliphatic hydroxyl groups excluding tert-OH is 1. The molecule has 1 aromatic rings. The van der Waals surface area contributed by atoms with E-state index in [-0.39, 0.29) is 18.2 Å². The van der Waals surface area contributed by atoms with E-state index in [1.807, 2.05) is 65.0 Å². The van der Waals surface area contributed by atoms with Crippen molar-refractivity contribution in [1.29, 1.82) is 0 Å². The maximum absolute atomic E-state index is 12.1. The Kier molecular flexibility index (Phi) is 7.12. The van der Waals surface area contributed by atoms with E-state index in [1.165, 1.54) is 6.26 Å². The lowest BCUT2D eigenvalue weighted by molar-refractivity contribution is 0.108. The molecule has 0 spiro atoms. The van der Waals surface area contributed by atoms with Crippen molar-refractivity contribution >= 4 is 6.09 Å². The molecular weight excluding hydrogens is 278 g/mol. The summed E-state index contributed by atoms with van der Waals surface area (Å²) in [6.45, 7) is 9.66. The van der Waals surface area contributed by atoms with E-state index in [4.69, 9.17) is 4.74 Å². The molecule has 1 amide bonds. The van der Waals surface area contributed by atoms with Gasteiger partial charge in [0.05, 0.1) is 12.4 Å². The summed E-state index contributed by atoms with van der Waals surface area (Å²) in [4.78, 5) is 13.8. The monoisotopic (exact) mass is 305 g/mol. The summed E-state index contributed by atoms with van der Waals surface area (Å²) in [6.07, 6.45) is 0.911. The normalized spacial score (nSPS) is 13.4. The number of carbonyl (C=O) groups excluding carboxylic acids is 1. The molecule has 0 bridgehead atoms. The van der Waals surface area contributed by atoms with E-state index in [9.17, 15) is 9.90 Å². The zero-order chi connectivity index (χ0) is 16.7. The predicted molar refractivity (Wildman–Crippen MR) is 88.4 cm³/mol. The topological polar surface area (TPSA) is 49.8 Å². The van der Waals surface area contributed by atoms with Crippen LogP contribution in [-0.4, -0.2) is 28.2 Å². The van der Waals surface area contributed by atoms with Crippen molar-refractivity contribution in [3.05, 3.63) is 47.7 Å². The standard InChI is InChI=1S/C18H27NO3/c1-13(2)19(14(3)4)18(21)22-12-15(5)11-17(20)16-9-7-6-8-10-16/h6-10,12-14,17,20H,11H2,1-5H3/b15-12-. The van der Waals surface area contributed by atoms with Gasteiger partial charge in [-0.2, -0.15) is 0 Å². The van der Waals surface area contributed by atoms with E-state index < -0.39 is 6.10 Å². The second-order valence-corrected chi connectivity index (χ2v) is 6.07. The molecule has 0 saturated heterocycles. The molecule has 4 heteroatoms. The van der Waals surface area contributed by atoms with Crippen LogP contribution < -0.4 is 0 Å². The molecule has 0 saturated carbocycles. The first-order valence-electron chi connectivity index (χ1n) is 7.70. The van der Waals surface area contributed by atoms with E-state index in [2.05, 4.69) is 0 Å². The highest BCUT2D eigenvalue weighted by atomic mass is 16.5. The fourth-order valence-electron chi connectivity index (χ4n) is 2.38. The van der Waals surface area contributed by atoms with Gasteiger partial charge in [0.1, 0.15) is 0 Å². The van der Waals surface area contributed by atoms with Gasteiger partial charge >= 0.3 is 6.09 Å². The molecule has 0 aromatic heterocycles. The number of amides is 1. The molecule has 0 radical (unpaired) electrons. The van der Waals surface area contributed by atoms with Crippen LogP contribution in [0.4, 0.5) is 4.79 Å². The minimum absolute atomic E-state index is 0.0797. The van der Waals surface area contributed by atoms with Gasteiger partial charge < -0.3 is 14.7 Å². The van der Waals surface area contributed by atoms with Crippen molar-refractivity contribution in [2.75, 3.05) is 0 Å². The molecule has 122 valence electrons. The third-order valence-electron chi connectivity index (χ3n) is 3.38. The maximum Gasteiger partial charge on any atom is 0.415 e. The number of nitrogens with zero attached hydrogens (tertiary/aromatic N) is 1. The number of rotatable bonds is 6. The third kappa shape index (κ3) is 5.53. The van der Waals surface area contributed by atoms with Crippen LogP contribution in [0.2, 0.25) is 0 Å². The fourth-order valence-corrected chi connectivity index (χ4v) is 2.38. The van der Waals surface area contributed by atoms with Crippen LogP contribution >= 0.6 is 0 Å². The highest BCUT2D eigenvalue weighted by Crippen LogP contribution is 2.20. The summed E-state index contributed by atoms with van der Waals surface area (Å²) >= 11 is 0. The van der Waals surface area contributed by atoms with Gasteiger partial charge in [-0.25, -0.2) is 4.79 Å². The highest BCUT2D eigenvalue weighted by molar-refractivity contribution is 5.69. The van der Waals surface area contributed by atoms with Crippen molar-refractivity contribution in [2.45, 2.75) is 59.2 Å². The molecule has 1 rings (SSSR count). The summed E-state index contributed by atoms with van der Waals surface area (Å²) in [5.74, 6) is 0. The van der Waals surface area contributed by atoms with Gasteiger partial charge in [0, 0.05) is 18.5 Å². The predicted octanol–water partition coefficient (Wildman–Crippen LogP) is 4.27. The summed E-state index contributed by atoms with van der Waals surface area (Å²) in [6, 6.07) is 9.61. The smallest absolute Gasteiger partial charge is 0.415 e. The number of benzene rings is 1. The van der Waals surface area contributed by atoms with Crippen molar-refractivity contribution in [1.82, 2.24) is 4.90 Å². The van der Waals surface area contributed by atoms with Gasteiger partial charge in [0.15, 0.2) is 0 Å². The van der Waals surface area contributed by atoms with E-state index in [0.717, 1.165) is 11.1 Å². The van der Waals surface area contributed by atoms with Gasteiger partial charge in [-0.3, -0.25) is 0 Å². The average Bonchev–Trinajstić information content (AvgIpc) is 2.45. The van der Waals surface area contributed by atoms with Crippen LogP contribution in [0.15, 0.2) is 42.2 Å². The molecule has 0 aliphatic rings. The average molecular weight is 305 g/mol. The first-order valence-corrected chi connectivity index (χ1v) is 7.70. The fraction of sp³-hybridized carbons (Fsp3) is 0.500. The van der Waals surface area contributed by atoms with Crippen molar-refractivity contribution in [3.63, 3.8) is 0 Å². The second kappa shape index (κ2) is 8.59. The number of hydrogen-bond donors (Lipinski definition) is 1. The van der Waals surface area contributed by atoms with Crippen LogP contribution in [0.3, 0.4) is 0 Å². The van der Waals surface area contributed by atoms with Crippen LogP contribution in [-0.2, 0) is 4.74 Å². The van der Waals surface area contributed by atoms with Crippen molar-refractivity contribution in [3.8, 4) is 0 Å². The molecule has 1 unspecified atom stereocenters. The number of ether oxygens (including phenoxy) is 1. The van der Waals surface area contributed by atoms with Gasteiger partial charge in [-0.05, 0) is 45.8 Å². The van der Waals surface area contributed by atoms with Crippen LogP contribution in [0.25, 0.3) is 0 Å². The van der Waals surface area contributed by atoms with Crippen molar-refractivity contribution in [2.24, 2.45) is 0 Å². The summed E-state index contributed by atoms with van der Waals surface area (Å²) in [7, 11) is 0. The molecular formula is C18H27NO3. The second-order valence-electron chi connectivity index (χ2n) is 6.07. The van der Waals surface area contributed by atoms with Crippen LogP contribution in [0, 0.1) is 0 Å². The first kappa shape index (κ1) is 18.2. The Morgan fingerprint density at radius 2 is 1.73 bits per heavy atom. The number of aliphatic hydroxyl groups is 1. The van der Waals surface area contributed by atoms with Crippen molar-refractivity contribution < 1.29 is 14.6 Å². The molecule has 4 nitrogen and oxygen atoms in total. The zero-order valence-corrected chi connectivity index (χ0v) is 14.1. The van der Waals surface area contributed by atoms with E-state index >= 15 is 0 Å². The Morgan fingerprint density at radius 1 is 1.18 bits per heavy atom. The lowest BCUT2D eigenvalue weighted by Gasteiger charge is -2.29. The Balaban J connectivity index is 2.60. The minimum Gasteiger partial charge on any atom is -0.418 e. The molecule has 0 aliphatic carbocycles. The number of carbonyl (C=O) groups is 1. The summed E-state index contributed by atoms with van der Waals surface area (Å²) in [5, 5.41) is 10.2. The Hall–Kier alpha value is -1.81. The molecule has 0 heterocycles. The Labute approximate surface area is 133 Å². The summed E-state index contributed by atoms with van der Waals surface area (Å²) < 4.78 is 5.24. The van der Waals surface area contributed by atoms with E-state index in [0.29, 0.717) is 6.42 Å². The van der Waals surface area contributed by atoms with E-state index in [1.54, 1.807) is 4.90 Å². The summed E-state index contributed by atoms with van der Waals surface area (Å²) in [5.41, 5.74) is 1.67. The lowest BCUT2D eigenvalue weighted by atomic mass is 10.0. The zero-order valence-electron chi connectivity index (χ0n) is 14.1. The van der Waals surface area contributed by atoms with Gasteiger partial charge in [0.2, 0.25) is 0 Å². The van der Waals surface area contributed by atoms with Gasteiger partial charge in [0.25, 0.3) is 0 Å². The number of hydrogen-bond acceptors (Lipinski definition) is 3. The minimum atomic E-state index is -0.595. The third-order valence-corrected chi connectivity index (χ3v) is 3.38. The van der Waals surface area contributed by atoms with Crippen LogP contribution in [0.5, 0.6) is 0 Å².